The number of aryl methyl sites for hydroxylation is 1. The molecule has 0 radical (unpaired) electrons. The van der Waals surface area contributed by atoms with Crippen LogP contribution in [-0.4, -0.2) is 28.1 Å². The second-order valence-electron chi connectivity index (χ2n) is 5.73. The highest BCUT2D eigenvalue weighted by atomic mass is 16.7. The minimum Gasteiger partial charge on any atom is -0.398 e. The van der Waals surface area contributed by atoms with Gasteiger partial charge in [0.05, 0.1) is 11.2 Å². The lowest BCUT2D eigenvalue weighted by molar-refractivity contribution is 0.00578. The fourth-order valence-electron chi connectivity index (χ4n) is 1.97. The van der Waals surface area contributed by atoms with Gasteiger partial charge in [-0.3, -0.25) is 4.68 Å². The summed E-state index contributed by atoms with van der Waals surface area (Å²) in [4.78, 5) is 0. The van der Waals surface area contributed by atoms with Crippen LogP contribution in [0.4, 0.5) is 0 Å². The van der Waals surface area contributed by atoms with Crippen LogP contribution in [0.3, 0.4) is 0 Å². The molecular formula is C13H21BN2O2. The van der Waals surface area contributed by atoms with Crippen LogP contribution in [-0.2, 0) is 16.4 Å². The van der Waals surface area contributed by atoms with Crippen LogP contribution < -0.4 is 5.59 Å². The number of rotatable bonds is 2. The van der Waals surface area contributed by atoms with E-state index in [9.17, 15) is 0 Å². The lowest BCUT2D eigenvalue weighted by atomic mass is 9.82. The number of hydrogen-bond donors (Lipinski definition) is 0. The fourth-order valence-corrected chi connectivity index (χ4v) is 1.97. The Bertz CT molecular complexity index is 461. The molecule has 5 heteroatoms. The monoisotopic (exact) mass is 248 g/mol. The molecule has 98 valence electrons. The normalized spacial score (nSPS) is 22.0. The van der Waals surface area contributed by atoms with E-state index >= 15 is 0 Å². The lowest BCUT2D eigenvalue weighted by Gasteiger charge is -2.32. The minimum absolute atomic E-state index is 0.331. The van der Waals surface area contributed by atoms with Crippen molar-refractivity contribution in [2.75, 3.05) is 0 Å². The number of allylic oxidation sites excluding steroid dienone is 1. The summed E-state index contributed by atoms with van der Waals surface area (Å²) in [6.45, 7) is 10.2. The quantitative estimate of drug-likeness (QED) is 0.748. The molecule has 0 amide bonds. The Balaban J connectivity index is 2.35. The van der Waals surface area contributed by atoms with E-state index in [2.05, 4.69) is 5.10 Å². The van der Waals surface area contributed by atoms with Gasteiger partial charge in [0, 0.05) is 18.8 Å². The fraction of sp³-hybridized carbons (Fsp3) is 0.615. The first-order valence-electron chi connectivity index (χ1n) is 6.29. The molecular weight excluding hydrogens is 227 g/mol. The Kier molecular flexibility index (Phi) is 3.15. The lowest BCUT2D eigenvalue weighted by Crippen LogP contribution is -2.41. The highest BCUT2D eigenvalue weighted by molar-refractivity contribution is 6.62. The van der Waals surface area contributed by atoms with Crippen molar-refractivity contribution >= 4 is 18.8 Å². The Hall–Kier alpha value is -1.07. The summed E-state index contributed by atoms with van der Waals surface area (Å²) in [5.41, 5.74) is 1.22. The number of hydrogen-bond acceptors (Lipinski definition) is 3. The maximum absolute atomic E-state index is 6.02. The Labute approximate surface area is 109 Å². The standard InChI is InChI=1S/C13H21BN2O2/c1-7-8-10-9-16(6)15-11(10)14-17-12(2,3)13(4,5)18-14/h7-9H,1-6H3. The number of aromatic nitrogens is 2. The average Bonchev–Trinajstić information content (AvgIpc) is 2.67. The Morgan fingerprint density at radius 1 is 1.22 bits per heavy atom. The van der Waals surface area contributed by atoms with Crippen LogP contribution in [0.25, 0.3) is 6.08 Å². The number of nitrogens with zero attached hydrogens (tertiary/aromatic N) is 2. The van der Waals surface area contributed by atoms with Gasteiger partial charge < -0.3 is 9.31 Å². The maximum Gasteiger partial charge on any atom is 0.517 e. The molecule has 0 bridgehead atoms. The van der Waals surface area contributed by atoms with Crippen LogP contribution >= 0.6 is 0 Å². The van der Waals surface area contributed by atoms with Crippen molar-refractivity contribution in [2.45, 2.75) is 45.8 Å². The molecule has 1 aromatic heterocycles. The first-order chi connectivity index (χ1) is 8.27. The van der Waals surface area contributed by atoms with Crippen LogP contribution in [0.1, 0.15) is 40.2 Å². The highest BCUT2D eigenvalue weighted by Crippen LogP contribution is 2.36. The van der Waals surface area contributed by atoms with E-state index in [4.69, 9.17) is 9.31 Å². The molecule has 0 spiro atoms. The van der Waals surface area contributed by atoms with E-state index in [-0.39, 0.29) is 11.2 Å². The van der Waals surface area contributed by atoms with Gasteiger partial charge in [0.15, 0.2) is 0 Å². The van der Waals surface area contributed by atoms with Gasteiger partial charge in [-0.05, 0) is 34.6 Å². The van der Waals surface area contributed by atoms with Crippen LogP contribution in [0, 0.1) is 0 Å². The van der Waals surface area contributed by atoms with Crippen LogP contribution in [0.2, 0.25) is 0 Å². The first-order valence-corrected chi connectivity index (χ1v) is 6.29. The summed E-state index contributed by atoms with van der Waals surface area (Å²) in [6, 6.07) is 0. The van der Waals surface area contributed by atoms with E-state index in [1.165, 1.54) is 0 Å². The summed E-state index contributed by atoms with van der Waals surface area (Å²) in [5.74, 6) is 0. The molecule has 0 saturated carbocycles. The Morgan fingerprint density at radius 3 is 2.28 bits per heavy atom. The zero-order valence-electron chi connectivity index (χ0n) is 12.0. The molecule has 0 unspecified atom stereocenters. The first kappa shape index (κ1) is 13.4. The summed E-state index contributed by atoms with van der Waals surface area (Å²) < 4.78 is 13.8. The van der Waals surface area contributed by atoms with E-state index in [0.29, 0.717) is 0 Å². The van der Waals surface area contributed by atoms with E-state index < -0.39 is 7.12 Å². The molecule has 18 heavy (non-hydrogen) atoms. The molecule has 2 heterocycles. The minimum atomic E-state index is -0.401. The van der Waals surface area contributed by atoms with Gasteiger partial charge >= 0.3 is 7.12 Å². The average molecular weight is 248 g/mol. The molecule has 1 saturated heterocycles. The molecule has 1 aliphatic heterocycles. The van der Waals surface area contributed by atoms with Crippen molar-refractivity contribution in [3.63, 3.8) is 0 Å². The van der Waals surface area contributed by atoms with E-state index in [1.54, 1.807) is 4.68 Å². The third-order valence-electron chi connectivity index (χ3n) is 3.71. The SMILES string of the molecule is CC=Cc1cn(C)nc1B1OC(C)(C)C(C)(C)O1. The summed E-state index contributed by atoms with van der Waals surface area (Å²) >= 11 is 0. The molecule has 1 aliphatic rings. The van der Waals surface area contributed by atoms with Crippen molar-refractivity contribution in [1.29, 1.82) is 0 Å². The summed E-state index contributed by atoms with van der Waals surface area (Å²) in [5, 5.41) is 4.46. The molecule has 2 rings (SSSR count). The van der Waals surface area contributed by atoms with Gasteiger partial charge in [0.2, 0.25) is 0 Å². The third kappa shape index (κ3) is 2.13. The van der Waals surface area contributed by atoms with Gasteiger partial charge in [-0.1, -0.05) is 12.2 Å². The molecule has 1 aromatic rings. The van der Waals surface area contributed by atoms with Gasteiger partial charge in [0.1, 0.15) is 5.59 Å². The van der Waals surface area contributed by atoms with Crippen LogP contribution in [0.5, 0.6) is 0 Å². The summed E-state index contributed by atoms with van der Waals surface area (Å²) in [7, 11) is 1.50. The topological polar surface area (TPSA) is 36.3 Å². The van der Waals surface area contributed by atoms with Gasteiger partial charge in [-0.25, -0.2) is 0 Å². The van der Waals surface area contributed by atoms with Gasteiger partial charge in [-0.15, -0.1) is 0 Å². The predicted octanol–water partition coefficient (Wildman–Crippen LogP) is 1.75. The molecule has 0 atom stereocenters. The van der Waals surface area contributed by atoms with E-state index in [1.807, 2.05) is 60.0 Å². The molecule has 4 nitrogen and oxygen atoms in total. The van der Waals surface area contributed by atoms with Crippen molar-refractivity contribution in [1.82, 2.24) is 9.78 Å². The maximum atomic E-state index is 6.02. The second-order valence-corrected chi connectivity index (χ2v) is 5.73. The third-order valence-corrected chi connectivity index (χ3v) is 3.71. The highest BCUT2D eigenvalue weighted by Gasteiger charge is 2.53. The van der Waals surface area contributed by atoms with Crippen molar-refractivity contribution < 1.29 is 9.31 Å². The zero-order chi connectivity index (χ0) is 13.6. The predicted molar refractivity (Wildman–Crippen MR) is 73.6 cm³/mol. The molecule has 0 N–H and O–H groups in total. The molecule has 0 aliphatic carbocycles. The zero-order valence-corrected chi connectivity index (χ0v) is 12.0. The van der Waals surface area contributed by atoms with Gasteiger partial charge in [-0.2, -0.15) is 5.10 Å². The van der Waals surface area contributed by atoms with E-state index in [0.717, 1.165) is 11.2 Å². The Morgan fingerprint density at radius 2 is 1.78 bits per heavy atom. The molecule has 1 fully saturated rings. The van der Waals surface area contributed by atoms with Crippen molar-refractivity contribution in [2.24, 2.45) is 7.05 Å². The van der Waals surface area contributed by atoms with Gasteiger partial charge in [0.25, 0.3) is 0 Å². The van der Waals surface area contributed by atoms with Crippen molar-refractivity contribution in [3.8, 4) is 0 Å². The van der Waals surface area contributed by atoms with Crippen LogP contribution in [0.15, 0.2) is 12.3 Å². The van der Waals surface area contributed by atoms with Crippen molar-refractivity contribution in [3.05, 3.63) is 17.8 Å². The second kappa shape index (κ2) is 4.25. The molecule has 0 aromatic carbocycles. The summed E-state index contributed by atoms with van der Waals surface area (Å²) in [6.07, 6.45) is 5.99. The largest absolute Gasteiger partial charge is 0.517 e. The smallest absolute Gasteiger partial charge is 0.398 e.